The minimum atomic E-state index is -0.521. The molecule has 1 aromatic heterocycles. The number of para-hydroxylation sites is 1. The van der Waals surface area contributed by atoms with Crippen LogP contribution in [0.4, 0.5) is 20.5 Å². The monoisotopic (exact) mass is 439 g/mol. The fourth-order valence-corrected chi connectivity index (χ4v) is 4.15. The first kappa shape index (κ1) is 21.9. The molecule has 1 saturated carbocycles. The second-order valence-electron chi connectivity index (χ2n) is 8.43. The topological polar surface area (TPSA) is 70.2 Å². The number of carbonyl (C=O) groups excluding carboxylic acids is 1. The van der Waals surface area contributed by atoms with Crippen LogP contribution in [0.15, 0.2) is 42.5 Å². The van der Waals surface area contributed by atoms with Crippen molar-refractivity contribution in [2.75, 3.05) is 24.3 Å². The van der Waals surface area contributed by atoms with Crippen molar-refractivity contribution in [1.82, 2.24) is 15.3 Å². The van der Waals surface area contributed by atoms with E-state index in [0.29, 0.717) is 18.8 Å². The molecular weight excluding hydrogens is 412 g/mol. The van der Waals surface area contributed by atoms with Gasteiger partial charge in [0.1, 0.15) is 17.5 Å². The molecule has 0 bridgehead atoms. The van der Waals surface area contributed by atoms with Gasteiger partial charge in [-0.2, -0.15) is 4.98 Å². The first-order valence-electron chi connectivity index (χ1n) is 10.8. The van der Waals surface area contributed by atoms with Crippen LogP contribution >= 0.6 is 0 Å². The molecule has 6 nitrogen and oxygen atoms in total. The van der Waals surface area contributed by atoms with Gasteiger partial charge in [0, 0.05) is 43.5 Å². The van der Waals surface area contributed by atoms with Crippen molar-refractivity contribution >= 4 is 28.6 Å². The highest BCUT2D eigenvalue weighted by Crippen LogP contribution is 2.28. The van der Waals surface area contributed by atoms with Gasteiger partial charge in [0.15, 0.2) is 0 Å². The van der Waals surface area contributed by atoms with Gasteiger partial charge in [0.05, 0.1) is 5.52 Å². The van der Waals surface area contributed by atoms with E-state index in [9.17, 15) is 13.6 Å². The van der Waals surface area contributed by atoms with E-state index in [4.69, 9.17) is 0 Å². The van der Waals surface area contributed by atoms with Gasteiger partial charge in [0.25, 0.3) is 0 Å². The Hall–Kier alpha value is -3.29. The lowest BCUT2D eigenvalue weighted by molar-refractivity contribution is -0.126. The van der Waals surface area contributed by atoms with Crippen LogP contribution in [0.5, 0.6) is 0 Å². The van der Waals surface area contributed by atoms with Crippen molar-refractivity contribution in [2.45, 2.75) is 38.3 Å². The molecular formula is C24H27F2N5O. The Balaban J connectivity index is 1.34. The van der Waals surface area contributed by atoms with Crippen molar-refractivity contribution in [3.8, 4) is 0 Å². The first-order chi connectivity index (χ1) is 15.4. The number of anilines is 2. The standard InChI is InChI=1S/C24H27F2N5O/c1-31(2)22-19-5-3-4-6-21(19)29-24(30-22)28-18-10-7-15(8-11-18)23(32)27-14-16-13-17(25)9-12-20(16)26/h3-6,9,12-13,15,18H,7-8,10-11,14H2,1-2H3,(H,27,32)(H,28,29,30)/t15-,18+. The molecule has 0 atom stereocenters. The van der Waals surface area contributed by atoms with Gasteiger partial charge < -0.3 is 15.5 Å². The number of nitrogens with zero attached hydrogens (tertiary/aromatic N) is 3. The predicted molar refractivity (Wildman–Crippen MR) is 121 cm³/mol. The van der Waals surface area contributed by atoms with Crippen LogP contribution in [-0.4, -0.2) is 36.0 Å². The van der Waals surface area contributed by atoms with Gasteiger partial charge >= 0.3 is 0 Å². The molecule has 168 valence electrons. The molecule has 32 heavy (non-hydrogen) atoms. The number of halogens is 2. The van der Waals surface area contributed by atoms with Gasteiger partial charge in [-0.05, 0) is 56.0 Å². The number of hydrogen-bond donors (Lipinski definition) is 2. The molecule has 3 aromatic rings. The second-order valence-corrected chi connectivity index (χ2v) is 8.43. The summed E-state index contributed by atoms with van der Waals surface area (Å²) in [7, 11) is 3.91. The number of amides is 1. The van der Waals surface area contributed by atoms with Crippen LogP contribution in [0, 0.1) is 17.6 Å². The Morgan fingerprint density at radius 2 is 1.81 bits per heavy atom. The zero-order chi connectivity index (χ0) is 22.7. The van der Waals surface area contributed by atoms with Gasteiger partial charge in [-0.15, -0.1) is 0 Å². The van der Waals surface area contributed by atoms with Gasteiger partial charge in [-0.1, -0.05) is 12.1 Å². The SMILES string of the molecule is CN(C)c1nc(N[C@H]2CC[C@@H](C(=O)NCc3cc(F)ccc3F)CC2)nc2ccccc12. The lowest BCUT2D eigenvalue weighted by Gasteiger charge is -2.28. The average molecular weight is 440 g/mol. The smallest absolute Gasteiger partial charge is 0.225 e. The highest BCUT2D eigenvalue weighted by molar-refractivity contribution is 5.90. The summed E-state index contributed by atoms with van der Waals surface area (Å²) >= 11 is 0. The number of nitrogens with one attached hydrogen (secondary N) is 2. The average Bonchev–Trinajstić information content (AvgIpc) is 2.79. The lowest BCUT2D eigenvalue weighted by atomic mass is 9.85. The number of aromatic nitrogens is 2. The van der Waals surface area contributed by atoms with Crippen LogP contribution in [0.3, 0.4) is 0 Å². The minimum absolute atomic E-state index is 0.0150. The van der Waals surface area contributed by atoms with Gasteiger partial charge in [-0.25, -0.2) is 13.8 Å². The summed E-state index contributed by atoms with van der Waals surface area (Å²) in [4.78, 5) is 23.8. The summed E-state index contributed by atoms with van der Waals surface area (Å²) in [6.45, 7) is -0.0150. The molecule has 1 aliphatic rings. The minimum Gasteiger partial charge on any atom is -0.362 e. The van der Waals surface area contributed by atoms with Crippen LogP contribution in [0.2, 0.25) is 0 Å². The number of benzene rings is 2. The number of hydrogen-bond acceptors (Lipinski definition) is 5. The van der Waals surface area contributed by atoms with Gasteiger partial charge in [-0.3, -0.25) is 4.79 Å². The predicted octanol–water partition coefficient (Wildman–Crippen LogP) is 4.26. The molecule has 1 aliphatic carbocycles. The fourth-order valence-electron chi connectivity index (χ4n) is 4.15. The third-order valence-electron chi connectivity index (χ3n) is 5.90. The van der Waals surface area contributed by atoms with Crippen molar-refractivity contribution in [1.29, 1.82) is 0 Å². The second kappa shape index (κ2) is 9.46. The molecule has 4 rings (SSSR count). The normalized spacial score (nSPS) is 18.4. The van der Waals surface area contributed by atoms with Crippen molar-refractivity contribution < 1.29 is 13.6 Å². The maximum atomic E-state index is 13.8. The summed E-state index contributed by atoms with van der Waals surface area (Å²) in [6.07, 6.45) is 3.03. The maximum absolute atomic E-state index is 13.8. The highest BCUT2D eigenvalue weighted by atomic mass is 19.1. The summed E-state index contributed by atoms with van der Waals surface area (Å²) in [5.74, 6) is 0.142. The summed E-state index contributed by atoms with van der Waals surface area (Å²) in [5, 5.41) is 7.17. The summed E-state index contributed by atoms with van der Waals surface area (Å²) in [6, 6.07) is 11.3. The molecule has 1 fully saturated rings. The third kappa shape index (κ3) is 4.95. The van der Waals surface area contributed by atoms with Gasteiger partial charge in [0.2, 0.25) is 11.9 Å². The van der Waals surface area contributed by atoms with Crippen molar-refractivity contribution in [3.63, 3.8) is 0 Å². The van der Waals surface area contributed by atoms with Crippen LogP contribution in [0.25, 0.3) is 10.9 Å². The Morgan fingerprint density at radius 1 is 1.06 bits per heavy atom. The Labute approximate surface area is 186 Å². The fraction of sp³-hybridized carbons (Fsp3) is 0.375. The lowest BCUT2D eigenvalue weighted by Crippen LogP contribution is -2.36. The largest absolute Gasteiger partial charge is 0.362 e. The molecule has 0 saturated heterocycles. The molecule has 0 spiro atoms. The molecule has 0 unspecified atom stereocenters. The molecule has 0 radical (unpaired) electrons. The van der Waals surface area contributed by atoms with Crippen LogP contribution in [-0.2, 0) is 11.3 Å². The Bertz CT molecular complexity index is 1110. The summed E-state index contributed by atoms with van der Waals surface area (Å²) in [5.41, 5.74) is 1.03. The molecule has 2 aromatic carbocycles. The van der Waals surface area contributed by atoms with E-state index in [0.717, 1.165) is 47.8 Å². The van der Waals surface area contributed by atoms with Crippen LogP contribution in [0.1, 0.15) is 31.2 Å². The zero-order valence-electron chi connectivity index (χ0n) is 18.2. The quantitative estimate of drug-likeness (QED) is 0.601. The number of fused-ring (bicyclic) bond motifs is 1. The molecule has 8 heteroatoms. The van der Waals surface area contributed by atoms with E-state index >= 15 is 0 Å². The zero-order valence-corrected chi connectivity index (χ0v) is 18.2. The molecule has 0 aliphatic heterocycles. The third-order valence-corrected chi connectivity index (χ3v) is 5.90. The van der Waals surface area contributed by atoms with E-state index in [1.165, 1.54) is 0 Å². The van der Waals surface area contributed by atoms with E-state index in [2.05, 4.69) is 20.6 Å². The molecule has 1 heterocycles. The van der Waals surface area contributed by atoms with E-state index in [-0.39, 0.29) is 30.0 Å². The Morgan fingerprint density at radius 3 is 2.56 bits per heavy atom. The van der Waals surface area contributed by atoms with E-state index in [1.54, 1.807) is 0 Å². The Kier molecular flexibility index (Phi) is 6.48. The van der Waals surface area contributed by atoms with E-state index in [1.807, 2.05) is 43.3 Å². The highest BCUT2D eigenvalue weighted by Gasteiger charge is 2.27. The number of carbonyl (C=O) groups is 1. The number of rotatable bonds is 6. The maximum Gasteiger partial charge on any atom is 0.225 e. The van der Waals surface area contributed by atoms with E-state index < -0.39 is 11.6 Å². The molecule has 1 amide bonds. The summed E-state index contributed by atoms with van der Waals surface area (Å²) < 4.78 is 27.1. The van der Waals surface area contributed by atoms with Crippen molar-refractivity contribution in [3.05, 3.63) is 59.7 Å². The van der Waals surface area contributed by atoms with Crippen LogP contribution < -0.4 is 15.5 Å². The molecule has 2 N–H and O–H groups in total. The van der Waals surface area contributed by atoms with Crippen molar-refractivity contribution in [2.24, 2.45) is 5.92 Å². The first-order valence-corrected chi connectivity index (χ1v) is 10.8.